The third kappa shape index (κ3) is 2.85. The van der Waals surface area contributed by atoms with E-state index in [2.05, 4.69) is 4.74 Å². The van der Waals surface area contributed by atoms with Crippen LogP contribution in [0.15, 0.2) is 0 Å². The monoisotopic (exact) mass is 128 g/mol. The molecule has 0 aromatic rings. The van der Waals surface area contributed by atoms with Crippen molar-refractivity contribution >= 4 is 0 Å². The molecule has 1 nitrogen and oxygen atoms in total. The highest BCUT2D eigenvalue weighted by Gasteiger charge is 2.28. The first-order valence-electron chi connectivity index (χ1n) is 2.05. The van der Waals surface area contributed by atoms with Crippen LogP contribution in [0.5, 0.6) is 0 Å². The SMILES string of the molecule is COCC(F)(F)CF. The Bertz CT molecular complexity index is 64.3. The zero-order valence-electron chi connectivity index (χ0n) is 4.46. The largest absolute Gasteiger partial charge is 0.378 e. The van der Waals surface area contributed by atoms with E-state index in [0.29, 0.717) is 0 Å². The van der Waals surface area contributed by atoms with Gasteiger partial charge in [0.05, 0.1) is 0 Å². The van der Waals surface area contributed by atoms with Gasteiger partial charge in [-0.05, 0) is 0 Å². The molecule has 0 aliphatic carbocycles. The van der Waals surface area contributed by atoms with Gasteiger partial charge in [-0.25, -0.2) is 13.2 Å². The van der Waals surface area contributed by atoms with Gasteiger partial charge in [0, 0.05) is 7.11 Å². The van der Waals surface area contributed by atoms with E-state index in [1.165, 1.54) is 0 Å². The van der Waals surface area contributed by atoms with Gasteiger partial charge in [-0.3, -0.25) is 0 Å². The van der Waals surface area contributed by atoms with Gasteiger partial charge in [0.25, 0.3) is 5.92 Å². The van der Waals surface area contributed by atoms with Crippen molar-refractivity contribution in [2.75, 3.05) is 20.4 Å². The molecule has 0 fully saturated rings. The zero-order chi connectivity index (χ0) is 6.62. The Hall–Kier alpha value is -0.250. The summed E-state index contributed by atoms with van der Waals surface area (Å²) in [6, 6.07) is 0. The summed E-state index contributed by atoms with van der Waals surface area (Å²) in [6.45, 7) is -2.50. The molecule has 0 aromatic carbocycles. The summed E-state index contributed by atoms with van der Waals surface area (Å²) in [7, 11) is 1.10. The van der Waals surface area contributed by atoms with E-state index in [4.69, 9.17) is 0 Å². The van der Waals surface area contributed by atoms with Crippen molar-refractivity contribution < 1.29 is 17.9 Å². The molecule has 8 heavy (non-hydrogen) atoms. The van der Waals surface area contributed by atoms with Crippen molar-refractivity contribution in [3.8, 4) is 0 Å². The fourth-order valence-corrected chi connectivity index (χ4v) is 0.250. The maximum absolute atomic E-state index is 11.7. The van der Waals surface area contributed by atoms with Gasteiger partial charge in [0.2, 0.25) is 0 Å². The fraction of sp³-hybridized carbons (Fsp3) is 1.00. The Morgan fingerprint density at radius 2 is 2.00 bits per heavy atom. The summed E-state index contributed by atoms with van der Waals surface area (Å²) in [5.74, 6) is -3.30. The van der Waals surface area contributed by atoms with Gasteiger partial charge in [-0.2, -0.15) is 0 Å². The minimum atomic E-state index is -3.30. The van der Waals surface area contributed by atoms with Gasteiger partial charge in [-0.15, -0.1) is 0 Å². The molecule has 0 aliphatic heterocycles. The lowest BCUT2D eigenvalue weighted by molar-refractivity contribution is -0.0787. The van der Waals surface area contributed by atoms with Gasteiger partial charge < -0.3 is 4.74 Å². The highest BCUT2D eigenvalue weighted by molar-refractivity contribution is 4.61. The van der Waals surface area contributed by atoms with Crippen LogP contribution in [-0.4, -0.2) is 26.3 Å². The molecule has 4 heteroatoms. The second kappa shape index (κ2) is 2.91. The molecule has 0 aliphatic rings. The van der Waals surface area contributed by atoms with E-state index in [9.17, 15) is 13.2 Å². The smallest absolute Gasteiger partial charge is 0.298 e. The number of hydrogen-bond donors (Lipinski definition) is 0. The van der Waals surface area contributed by atoms with Crippen LogP contribution in [0.4, 0.5) is 13.2 Å². The Kier molecular flexibility index (Phi) is 2.82. The van der Waals surface area contributed by atoms with Crippen LogP contribution in [0.2, 0.25) is 0 Å². The first kappa shape index (κ1) is 7.75. The summed E-state index contributed by atoms with van der Waals surface area (Å²) in [6.07, 6.45) is 0. The molecule has 0 atom stereocenters. The lowest BCUT2D eigenvalue weighted by atomic mass is 10.4. The maximum atomic E-state index is 11.7. The third-order valence-electron chi connectivity index (χ3n) is 0.551. The zero-order valence-corrected chi connectivity index (χ0v) is 4.46. The Morgan fingerprint density at radius 3 is 2.12 bits per heavy atom. The minimum absolute atomic E-state index is 0.844. The minimum Gasteiger partial charge on any atom is -0.378 e. The van der Waals surface area contributed by atoms with E-state index in [1.54, 1.807) is 0 Å². The summed E-state index contributed by atoms with van der Waals surface area (Å²) < 4.78 is 38.4. The van der Waals surface area contributed by atoms with Crippen molar-refractivity contribution in [1.82, 2.24) is 0 Å². The summed E-state index contributed by atoms with van der Waals surface area (Å²) in [4.78, 5) is 0. The lowest BCUT2D eigenvalue weighted by Gasteiger charge is -2.08. The van der Waals surface area contributed by atoms with Crippen LogP contribution in [-0.2, 0) is 4.74 Å². The first-order valence-corrected chi connectivity index (χ1v) is 2.05. The van der Waals surface area contributed by atoms with Gasteiger partial charge >= 0.3 is 0 Å². The second-order valence-corrected chi connectivity index (χ2v) is 1.42. The first-order chi connectivity index (χ1) is 3.62. The molecular formula is C4H7F3O. The standard InChI is InChI=1S/C4H7F3O/c1-8-3-4(6,7)2-5/h2-3H2,1H3. The van der Waals surface area contributed by atoms with E-state index < -0.39 is 19.2 Å². The van der Waals surface area contributed by atoms with Crippen molar-refractivity contribution in [3.63, 3.8) is 0 Å². The van der Waals surface area contributed by atoms with Crippen LogP contribution < -0.4 is 0 Å². The Labute approximate surface area is 45.4 Å². The average molecular weight is 128 g/mol. The van der Waals surface area contributed by atoms with Crippen LogP contribution in [0.1, 0.15) is 0 Å². The highest BCUT2D eigenvalue weighted by Crippen LogP contribution is 2.12. The van der Waals surface area contributed by atoms with Crippen molar-refractivity contribution in [2.45, 2.75) is 5.92 Å². The van der Waals surface area contributed by atoms with Crippen molar-refractivity contribution in [2.24, 2.45) is 0 Å². The predicted molar refractivity (Wildman–Crippen MR) is 22.8 cm³/mol. The van der Waals surface area contributed by atoms with E-state index in [1.807, 2.05) is 0 Å². The lowest BCUT2D eigenvalue weighted by Crippen LogP contribution is -2.24. The molecule has 0 saturated heterocycles. The molecule has 0 heterocycles. The number of rotatable bonds is 3. The summed E-state index contributed by atoms with van der Waals surface area (Å²) in [5.41, 5.74) is 0. The molecule has 0 aromatic heterocycles. The number of ether oxygens (including phenoxy) is 1. The van der Waals surface area contributed by atoms with E-state index in [0.717, 1.165) is 7.11 Å². The Morgan fingerprint density at radius 1 is 1.50 bits per heavy atom. The Balaban J connectivity index is 3.37. The second-order valence-electron chi connectivity index (χ2n) is 1.42. The molecule has 0 spiro atoms. The highest BCUT2D eigenvalue weighted by atomic mass is 19.3. The number of alkyl halides is 3. The third-order valence-corrected chi connectivity index (χ3v) is 0.551. The van der Waals surface area contributed by atoms with Crippen molar-refractivity contribution in [1.29, 1.82) is 0 Å². The quantitative estimate of drug-likeness (QED) is 0.555. The molecule has 0 bridgehead atoms. The molecule has 0 N–H and O–H groups in total. The van der Waals surface area contributed by atoms with Crippen LogP contribution in [0.25, 0.3) is 0 Å². The number of methoxy groups -OCH3 is 1. The molecule has 0 saturated carbocycles. The summed E-state index contributed by atoms with van der Waals surface area (Å²) in [5, 5.41) is 0. The maximum Gasteiger partial charge on any atom is 0.298 e. The molecular weight excluding hydrogens is 121 g/mol. The van der Waals surface area contributed by atoms with Gasteiger partial charge in [0.1, 0.15) is 6.61 Å². The molecule has 0 rings (SSSR count). The topological polar surface area (TPSA) is 9.23 Å². The normalized spacial score (nSPS) is 12.0. The average Bonchev–Trinajstić information content (AvgIpc) is 1.67. The van der Waals surface area contributed by atoms with Crippen molar-refractivity contribution in [3.05, 3.63) is 0 Å². The number of hydrogen-bond acceptors (Lipinski definition) is 1. The summed E-state index contributed by atoms with van der Waals surface area (Å²) >= 11 is 0. The van der Waals surface area contributed by atoms with Crippen LogP contribution in [0.3, 0.4) is 0 Å². The number of halogens is 3. The molecule has 0 unspecified atom stereocenters. The van der Waals surface area contributed by atoms with Gasteiger partial charge in [-0.1, -0.05) is 0 Å². The van der Waals surface area contributed by atoms with Gasteiger partial charge in [0.15, 0.2) is 6.67 Å². The predicted octanol–water partition coefficient (Wildman–Crippen LogP) is 1.24. The van der Waals surface area contributed by atoms with E-state index >= 15 is 0 Å². The molecule has 50 valence electrons. The molecule has 0 radical (unpaired) electrons. The van der Waals surface area contributed by atoms with Crippen LogP contribution >= 0.6 is 0 Å². The van der Waals surface area contributed by atoms with Crippen LogP contribution in [0, 0.1) is 0 Å². The fourth-order valence-electron chi connectivity index (χ4n) is 0.250. The molecule has 0 amide bonds. The van der Waals surface area contributed by atoms with E-state index in [-0.39, 0.29) is 0 Å².